The minimum absolute atomic E-state index is 0.168. The fourth-order valence-electron chi connectivity index (χ4n) is 2.31. The highest BCUT2D eigenvalue weighted by Gasteiger charge is 2.46. The zero-order valence-corrected chi connectivity index (χ0v) is 8.38. The number of hydrogen-bond acceptors (Lipinski definition) is 2. The third-order valence-electron chi connectivity index (χ3n) is 3.16. The maximum atomic E-state index is 11.6. The molecular formula is C10H17NO2. The van der Waals surface area contributed by atoms with Gasteiger partial charge >= 0.3 is 0 Å². The van der Waals surface area contributed by atoms with E-state index in [0.29, 0.717) is 18.4 Å². The lowest BCUT2D eigenvalue weighted by molar-refractivity contribution is -0.129. The molecule has 2 aliphatic rings. The molecule has 1 unspecified atom stereocenters. The second-order valence-electron chi connectivity index (χ2n) is 4.59. The maximum absolute atomic E-state index is 11.6. The summed E-state index contributed by atoms with van der Waals surface area (Å²) in [7, 11) is 0. The molecule has 13 heavy (non-hydrogen) atoms. The van der Waals surface area contributed by atoms with Gasteiger partial charge in [-0.1, -0.05) is 0 Å². The summed E-state index contributed by atoms with van der Waals surface area (Å²) in [6, 6.07) is 0.340. The quantitative estimate of drug-likeness (QED) is 0.607. The van der Waals surface area contributed by atoms with E-state index < -0.39 is 0 Å². The van der Waals surface area contributed by atoms with Gasteiger partial charge in [-0.05, 0) is 20.3 Å². The van der Waals surface area contributed by atoms with E-state index in [1.54, 1.807) is 0 Å². The fourth-order valence-corrected chi connectivity index (χ4v) is 2.31. The molecule has 0 saturated carbocycles. The Morgan fingerprint density at radius 2 is 2.31 bits per heavy atom. The predicted octanol–water partition coefficient (Wildman–Crippen LogP) is 1.03. The van der Waals surface area contributed by atoms with Crippen molar-refractivity contribution in [3.63, 3.8) is 0 Å². The van der Waals surface area contributed by atoms with Crippen LogP contribution in [0.25, 0.3) is 0 Å². The molecule has 0 aromatic rings. The summed E-state index contributed by atoms with van der Waals surface area (Å²) in [6.07, 6.45) is 1.76. The molecule has 0 radical (unpaired) electrons. The van der Waals surface area contributed by atoms with Crippen molar-refractivity contribution in [2.45, 2.75) is 32.7 Å². The average Bonchev–Trinajstić information content (AvgIpc) is 2.60. The van der Waals surface area contributed by atoms with Crippen LogP contribution in [-0.2, 0) is 9.53 Å². The molecule has 0 bridgehead atoms. The van der Waals surface area contributed by atoms with Crippen molar-refractivity contribution in [2.75, 3.05) is 19.8 Å². The van der Waals surface area contributed by atoms with Gasteiger partial charge in [0.05, 0.1) is 6.61 Å². The number of carbonyl (C=O) groups excluding carboxylic acids is 1. The van der Waals surface area contributed by atoms with Crippen LogP contribution in [0.1, 0.15) is 26.7 Å². The molecule has 2 rings (SSSR count). The monoisotopic (exact) mass is 183 g/mol. The zero-order chi connectivity index (χ0) is 9.47. The average molecular weight is 183 g/mol. The highest BCUT2D eigenvalue weighted by molar-refractivity contribution is 5.79. The molecule has 1 atom stereocenters. The second-order valence-corrected chi connectivity index (χ2v) is 4.59. The van der Waals surface area contributed by atoms with E-state index in [-0.39, 0.29) is 5.41 Å². The number of likely N-dealkylation sites (tertiary alicyclic amines) is 1. The Morgan fingerprint density at radius 1 is 1.54 bits per heavy atom. The molecule has 1 amide bonds. The normalized spacial score (nSPS) is 34.1. The molecule has 0 aliphatic carbocycles. The van der Waals surface area contributed by atoms with Crippen molar-refractivity contribution in [3.8, 4) is 0 Å². The maximum Gasteiger partial charge on any atom is 0.223 e. The van der Waals surface area contributed by atoms with E-state index in [1.165, 1.54) is 0 Å². The van der Waals surface area contributed by atoms with E-state index in [1.807, 2.05) is 4.90 Å². The van der Waals surface area contributed by atoms with Crippen molar-refractivity contribution >= 4 is 5.91 Å². The third-order valence-corrected chi connectivity index (χ3v) is 3.16. The lowest BCUT2D eigenvalue weighted by Crippen LogP contribution is -2.34. The molecule has 0 aromatic carbocycles. The smallest absolute Gasteiger partial charge is 0.223 e. The zero-order valence-electron chi connectivity index (χ0n) is 8.38. The first-order chi connectivity index (χ1) is 6.13. The Kier molecular flexibility index (Phi) is 2.06. The van der Waals surface area contributed by atoms with Crippen LogP contribution in [-0.4, -0.2) is 36.6 Å². The van der Waals surface area contributed by atoms with Crippen LogP contribution in [0.3, 0.4) is 0 Å². The van der Waals surface area contributed by atoms with Gasteiger partial charge in [0.1, 0.15) is 0 Å². The summed E-state index contributed by atoms with van der Waals surface area (Å²) in [5.74, 6) is 0.306. The van der Waals surface area contributed by atoms with Crippen LogP contribution < -0.4 is 0 Å². The summed E-state index contributed by atoms with van der Waals surface area (Å²) < 4.78 is 5.38. The predicted molar refractivity (Wildman–Crippen MR) is 49.3 cm³/mol. The SMILES string of the molecule is CC(C)N1CC2(CCOC2)CC1=O. The molecule has 3 nitrogen and oxygen atoms in total. The first-order valence-corrected chi connectivity index (χ1v) is 5.00. The van der Waals surface area contributed by atoms with Crippen LogP contribution in [0.2, 0.25) is 0 Å². The number of carbonyl (C=O) groups is 1. The van der Waals surface area contributed by atoms with Crippen LogP contribution in [0, 0.1) is 5.41 Å². The Hall–Kier alpha value is -0.570. The van der Waals surface area contributed by atoms with Gasteiger partial charge in [-0.15, -0.1) is 0 Å². The van der Waals surface area contributed by atoms with E-state index in [4.69, 9.17) is 4.74 Å². The summed E-state index contributed by atoms with van der Waals surface area (Å²) in [5.41, 5.74) is 0.168. The first-order valence-electron chi connectivity index (χ1n) is 5.00. The number of hydrogen-bond donors (Lipinski definition) is 0. The van der Waals surface area contributed by atoms with Gasteiger partial charge < -0.3 is 9.64 Å². The van der Waals surface area contributed by atoms with Gasteiger partial charge in [0.15, 0.2) is 0 Å². The van der Waals surface area contributed by atoms with Crippen molar-refractivity contribution in [3.05, 3.63) is 0 Å². The standard InChI is InChI=1S/C10H17NO2/c1-8(2)11-6-10(5-9(11)12)3-4-13-7-10/h8H,3-7H2,1-2H3. The van der Waals surface area contributed by atoms with Gasteiger partial charge in [0.25, 0.3) is 0 Å². The van der Waals surface area contributed by atoms with Gasteiger partial charge in [0.2, 0.25) is 5.91 Å². The fraction of sp³-hybridized carbons (Fsp3) is 0.900. The van der Waals surface area contributed by atoms with Gasteiger partial charge in [-0.3, -0.25) is 4.79 Å². The van der Waals surface area contributed by atoms with Crippen LogP contribution in [0.4, 0.5) is 0 Å². The number of nitrogens with zero attached hydrogens (tertiary/aromatic N) is 1. The van der Waals surface area contributed by atoms with E-state index in [2.05, 4.69) is 13.8 Å². The van der Waals surface area contributed by atoms with Crippen LogP contribution >= 0.6 is 0 Å². The van der Waals surface area contributed by atoms with Crippen molar-refractivity contribution in [1.29, 1.82) is 0 Å². The molecule has 2 aliphatic heterocycles. The lowest BCUT2D eigenvalue weighted by Gasteiger charge is -2.24. The summed E-state index contributed by atoms with van der Waals surface area (Å²) in [5, 5.41) is 0. The molecule has 1 spiro atoms. The minimum Gasteiger partial charge on any atom is -0.381 e. The highest BCUT2D eigenvalue weighted by Crippen LogP contribution is 2.39. The third kappa shape index (κ3) is 1.46. The summed E-state index contributed by atoms with van der Waals surface area (Å²) in [4.78, 5) is 13.6. The van der Waals surface area contributed by atoms with Crippen LogP contribution in [0.15, 0.2) is 0 Å². The highest BCUT2D eigenvalue weighted by atomic mass is 16.5. The van der Waals surface area contributed by atoms with Crippen molar-refractivity contribution in [1.82, 2.24) is 4.90 Å². The Balaban J connectivity index is 2.09. The number of ether oxygens (including phenoxy) is 1. The van der Waals surface area contributed by atoms with Crippen LogP contribution in [0.5, 0.6) is 0 Å². The van der Waals surface area contributed by atoms with Gasteiger partial charge in [0, 0.05) is 31.0 Å². The molecule has 2 heterocycles. The van der Waals surface area contributed by atoms with Gasteiger partial charge in [-0.2, -0.15) is 0 Å². The van der Waals surface area contributed by atoms with E-state index >= 15 is 0 Å². The Labute approximate surface area is 79.0 Å². The summed E-state index contributed by atoms with van der Waals surface area (Å²) in [6.45, 7) is 6.67. The molecule has 3 heteroatoms. The van der Waals surface area contributed by atoms with Gasteiger partial charge in [-0.25, -0.2) is 0 Å². The molecule has 0 N–H and O–H groups in total. The Morgan fingerprint density at radius 3 is 2.77 bits per heavy atom. The largest absolute Gasteiger partial charge is 0.381 e. The molecule has 74 valence electrons. The molecule has 2 fully saturated rings. The lowest BCUT2D eigenvalue weighted by atomic mass is 9.86. The molecule has 2 saturated heterocycles. The van der Waals surface area contributed by atoms with Crippen molar-refractivity contribution < 1.29 is 9.53 Å². The Bertz CT molecular complexity index is 219. The molecule has 0 aromatic heterocycles. The number of rotatable bonds is 1. The van der Waals surface area contributed by atoms with Crippen molar-refractivity contribution in [2.24, 2.45) is 5.41 Å². The summed E-state index contributed by atoms with van der Waals surface area (Å²) >= 11 is 0. The second kappa shape index (κ2) is 2.98. The number of amides is 1. The molecular weight excluding hydrogens is 166 g/mol. The topological polar surface area (TPSA) is 29.5 Å². The minimum atomic E-state index is 0.168. The first kappa shape index (κ1) is 9.00. The van der Waals surface area contributed by atoms with E-state index in [0.717, 1.165) is 26.2 Å². The van der Waals surface area contributed by atoms with E-state index in [9.17, 15) is 4.79 Å².